The van der Waals surface area contributed by atoms with Crippen LogP contribution in [0.15, 0.2) is 28.7 Å². The van der Waals surface area contributed by atoms with Gasteiger partial charge in [0.05, 0.1) is 5.38 Å². The van der Waals surface area contributed by atoms with Crippen molar-refractivity contribution in [1.82, 2.24) is 10.2 Å². The molecule has 1 unspecified atom stereocenters. The molecule has 1 amide bonds. The van der Waals surface area contributed by atoms with Crippen LogP contribution in [-0.2, 0) is 4.79 Å². The molecule has 1 saturated heterocycles. The van der Waals surface area contributed by atoms with Gasteiger partial charge in [0.25, 0.3) is 0 Å². The molecule has 0 aliphatic carbocycles. The Bertz CT molecular complexity index is 612. The summed E-state index contributed by atoms with van der Waals surface area (Å²) in [6, 6.07) is 7.19. The molecule has 2 heterocycles. The molecule has 0 spiro atoms. The van der Waals surface area contributed by atoms with Gasteiger partial charge in [0.2, 0.25) is 11.8 Å². The number of benzene rings is 1. The first kappa shape index (κ1) is 12.4. The monoisotopic (exact) mass is 297 g/mol. The highest BCUT2D eigenvalue weighted by Gasteiger charge is 2.32. The lowest BCUT2D eigenvalue weighted by atomic mass is 10.2. The fourth-order valence-corrected chi connectivity index (χ4v) is 2.28. The van der Waals surface area contributed by atoms with Crippen LogP contribution in [0.1, 0.15) is 6.42 Å². The summed E-state index contributed by atoms with van der Waals surface area (Å²) in [5.41, 5.74) is 0.747. The van der Waals surface area contributed by atoms with Crippen LogP contribution in [0.5, 0.6) is 0 Å². The second-order valence-corrected chi connectivity index (χ2v) is 5.26. The minimum atomic E-state index is -0.210. The number of aromatic nitrogens is 2. The Morgan fingerprint density at radius 2 is 2.00 bits per heavy atom. The van der Waals surface area contributed by atoms with Gasteiger partial charge in [-0.3, -0.25) is 9.69 Å². The number of anilines is 1. The van der Waals surface area contributed by atoms with Crippen LogP contribution in [0, 0.1) is 0 Å². The fraction of sp³-hybridized carbons (Fsp3) is 0.250. The Balaban J connectivity index is 1.87. The van der Waals surface area contributed by atoms with E-state index in [9.17, 15) is 4.79 Å². The van der Waals surface area contributed by atoms with E-state index < -0.39 is 0 Å². The third-order valence-electron chi connectivity index (χ3n) is 2.81. The van der Waals surface area contributed by atoms with Crippen molar-refractivity contribution in [2.45, 2.75) is 11.8 Å². The van der Waals surface area contributed by atoms with Crippen LogP contribution < -0.4 is 4.90 Å². The highest BCUT2D eigenvalue weighted by atomic mass is 35.5. The van der Waals surface area contributed by atoms with Gasteiger partial charge in [-0.05, 0) is 24.3 Å². The zero-order valence-corrected chi connectivity index (χ0v) is 11.2. The maximum Gasteiger partial charge on any atom is 0.325 e. The van der Waals surface area contributed by atoms with E-state index in [-0.39, 0.29) is 17.3 Å². The topological polar surface area (TPSA) is 59.2 Å². The van der Waals surface area contributed by atoms with Gasteiger partial charge in [0, 0.05) is 23.6 Å². The number of amides is 1. The minimum Gasteiger partial charge on any atom is -0.403 e. The fourth-order valence-electron chi connectivity index (χ4n) is 1.88. The van der Waals surface area contributed by atoms with Crippen molar-refractivity contribution in [2.24, 2.45) is 0 Å². The first-order valence-electron chi connectivity index (χ1n) is 5.67. The smallest absolute Gasteiger partial charge is 0.325 e. The first-order chi connectivity index (χ1) is 9.13. The first-order valence-corrected chi connectivity index (χ1v) is 6.49. The van der Waals surface area contributed by atoms with Gasteiger partial charge in [-0.25, -0.2) is 0 Å². The molecule has 1 fully saturated rings. The van der Waals surface area contributed by atoms with E-state index in [4.69, 9.17) is 27.6 Å². The summed E-state index contributed by atoms with van der Waals surface area (Å²) < 4.78 is 5.49. The van der Waals surface area contributed by atoms with E-state index in [0.717, 1.165) is 5.56 Å². The summed E-state index contributed by atoms with van der Waals surface area (Å²) in [5, 5.41) is 8.22. The number of rotatable bonds is 2. The van der Waals surface area contributed by atoms with Crippen LogP contribution in [0.2, 0.25) is 5.02 Å². The molecule has 1 atom stereocenters. The molecule has 7 heteroatoms. The second-order valence-electron chi connectivity index (χ2n) is 4.20. The maximum absolute atomic E-state index is 11.7. The zero-order valence-electron chi connectivity index (χ0n) is 9.72. The number of carbonyl (C=O) groups is 1. The molecule has 1 aromatic carbocycles. The summed E-state index contributed by atoms with van der Waals surface area (Å²) in [6.45, 7) is 0.392. The zero-order chi connectivity index (χ0) is 13.4. The molecule has 98 valence electrons. The Morgan fingerprint density at radius 1 is 1.26 bits per heavy atom. The van der Waals surface area contributed by atoms with Gasteiger partial charge in [0.15, 0.2) is 0 Å². The lowest BCUT2D eigenvalue weighted by Gasteiger charge is -2.08. The van der Waals surface area contributed by atoms with Crippen molar-refractivity contribution in [2.75, 3.05) is 11.4 Å². The Kier molecular flexibility index (Phi) is 3.16. The van der Waals surface area contributed by atoms with Crippen LogP contribution in [-0.4, -0.2) is 28.0 Å². The predicted octanol–water partition coefficient (Wildman–Crippen LogP) is 2.73. The molecule has 5 nitrogen and oxygen atoms in total. The molecule has 19 heavy (non-hydrogen) atoms. The quantitative estimate of drug-likeness (QED) is 0.800. The largest absolute Gasteiger partial charge is 0.403 e. The summed E-state index contributed by atoms with van der Waals surface area (Å²) in [4.78, 5) is 13.1. The lowest BCUT2D eigenvalue weighted by molar-refractivity contribution is -0.117. The minimum absolute atomic E-state index is 0.105. The number of alkyl halides is 1. The van der Waals surface area contributed by atoms with Crippen molar-refractivity contribution in [1.29, 1.82) is 0 Å². The Morgan fingerprint density at radius 3 is 2.63 bits per heavy atom. The molecule has 3 rings (SSSR count). The van der Waals surface area contributed by atoms with Gasteiger partial charge in [0.1, 0.15) is 0 Å². The van der Waals surface area contributed by atoms with E-state index in [2.05, 4.69) is 10.2 Å². The Labute approximate surface area is 119 Å². The standard InChI is InChI=1S/C12H9Cl2N3O2/c13-8-3-1-7(2-4-8)11-15-16-12(19-11)17-6-9(14)5-10(17)18/h1-4,9H,5-6H2. The van der Waals surface area contributed by atoms with Crippen molar-refractivity contribution in [3.63, 3.8) is 0 Å². The molecule has 0 bridgehead atoms. The van der Waals surface area contributed by atoms with E-state index in [1.807, 2.05) is 0 Å². The summed E-state index contributed by atoms with van der Waals surface area (Å²) in [7, 11) is 0. The van der Waals surface area contributed by atoms with Gasteiger partial charge in [-0.15, -0.1) is 16.7 Å². The molecule has 2 aromatic rings. The Hall–Kier alpha value is -1.59. The molecule has 0 N–H and O–H groups in total. The summed E-state index contributed by atoms with van der Waals surface area (Å²) in [6.07, 6.45) is 0.292. The molecule has 0 radical (unpaired) electrons. The summed E-state index contributed by atoms with van der Waals surface area (Å²) >= 11 is 11.7. The van der Waals surface area contributed by atoms with E-state index in [1.165, 1.54) is 4.90 Å². The number of nitrogens with zero attached hydrogens (tertiary/aromatic N) is 3. The predicted molar refractivity (Wildman–Crippen MR) is 71.4 cm³/mol. The molecule has 1 aliphatic rings. The van der Waals surface area contributed by atoms with Gasteiger partial charge < -0.3 is 4.42 Å². The molecular weight excluding hydrogens is 289 g/mol. The van der Waals surface area contributed by atoms with Gasteiger partial charge in [-0.2, -0.15) is 0 Å². The SMILES string of the molecule is O=C1CC(Cl)CN1c1nnc(-c2ccc(Cl)cc2)o1. The van der Waals surface area contributed by atoms with Crippen molar-refractivity contribution in [3.05, 3.63) is 29.3 Å². The average Bonchev–Trinajstić information content (AvgIpc) is 2.97. The number of hydrogen-bond acceptors (Lipinski definition) is 4. The molecule has 0 saturated carbocycles. The number of halogens is 2. The molecule has 1 aromatic heterocycles. The molecule has 1 aliphatic heterocycles. The van der Waals surface area contributed by atoms with Crippen LogP contribution in [0.3, 0.4) is 0 Å². The van der Waals surface area contributed by atoms with E-state index in [0.29, 0.717) is 23.9 Å². The van der Waals surface area contributed by atoms with Crippen molar-refractivity contribution < 1.29 is 9.21 Å². The van der Waals surface area contributed by atoms with Gasteiger partial charge >= 0.3 is 6.01 Å². The highest BCUT2D eigenvalue weighted by molar-refractivity contribution is 6.30. The normalized spacial score (nSPS) is 19.2. The average molecular weight is 298 g/mol. The van der Waals surface area contributed by atoms with E-state index >= 15 is 0 Å². The van der Waals surface area contributed by atoms with Gasteiger partial charge in [-0.1, -0.05) is 16.7 Å². The van der Waals surface area contributed by atoms with Crippen molar-refractivity contribution >= 4 is 35.1 Å². The third-order valence-corrected chi connectivity index (χ3v) is 3.36. The van der Waals surface area contributed by atoms with Crippen molar-refractivity contribution in [3.8, 4) is 11.5 Å². The van der Waals surface area contributed by atoms with Crippen LogP contribution in [0.4, 0.5) is 6.01 Å². The van der Waals surface area contributed by atoms with Crippen LogP contribution >= 0.6 is 23.2 Å². The van der Waals surface area contributed by atoms with Crippen LogP contribution in [0.25, 0.3) is 11.5 Å². The lowest BCUT2D eigenvalue weighted by Crippen LogP contribution is -2.24. The maximum atomic E-state index is 11.7. The second kappa shape index (κ2) is 4.83. The highest BCUT2D eigenvalue weighted by Crippen LogP contribution is 2.27. The van der Waals surface area contributed by atoms with E-state index in [1.54, 1.807) is 24.3 Å². The summed E-state index contributed by atoms with van der Waals surface area (Å²) in [5.74, 6) is 0.240. The number of carbonyl (C=O) groups excluding carboxylic acids is 1. The number of hydrogen-bond donors (Lipinski definition) is 0. The molecular formula is C12H9Cl2N3O2. The third kappa shape index (κ3) is 2.43.